The van der Waals surface area contributed by atoms with Gasteiger partial charge in [-0.25, -0.2) is 9.59 Å². The van der Waals surface area contributed by atoms with Gasteiger partial charge in [-0.15, -0.1) is 0 Å². The molecule has 1 aromatic carbocycles. The Balaban J connectivity index is 1.57. The van der Waals surface area contributed by atoms with E-state index in [9.17, 15) is 14.4 Å². The molecule has 2 unspecified atom stereocenters. The predicted molar refractivity (Wildman–Crippen MR) is 112 cm³/mol. The molecule has 2 heterocycles. The quantitative estimate of drug-likeness (QED) is 0.704. The van der Waals surface area contributed by atoms with Crippen molar-refractivity contribution in [2.24, 2.45) is 5.92 Å². The summed E-state index contributed by atoms with van der Waals surface area (Å²) in [4.78, 5) is 41.5. The number of benzene rings is 1. The van der Waals surface area contributed by atoms with Crippen LogP contribution in [-0.4, -0.2) is 59.0 Å². The summed E-state index contributed by atoms with van der Waals surface area (Å²) in [5.74, 6) is -0.735. The van der Waals surface area contributed by atoms with E-state index < -0.39 is 11.6 Å². The van der Waals surface area contributed by atoms with Crippen LogP contribution in [0.5, 0.6) is 0 Å². The van der Waals surface area contributed by atoms with Crippen molar-refractivity contribution in [2.45, 2.75) is 64.7 Å². The number of carbonyl (C=O) groups excluding carboxylic acids is 3. The lowest BCUT2D eigenvalue weighted by Crippen LogP contribution is -2.50. The zero-order valence-electron chi connectivity index (χ0n) is 18.1. The molecule has 2 fully saturated rings. The van der Waals surface area contributed by atoms with E-state index in [1.54, 1.807) is 9.80 Å². The molecule has 7 nitrogen and oxygen atoms in total. The first kappa shape index (κ1) is 22.1. The van der Waals surface area contributed by atoms with Crippen molar-refractivity contribution < 1.29 is 23.9 Å². The third-order valence-electron chi connectivity index (χ3n) is 5.45. The van der Waals surface area contributed by atoms with Crippen LogP contribution in [0, 0.1) is 5.92 Å². The Kier molecular flexibility index (Phi) is 7.00. The van der Waals surface area contributed by atoms with Gasteiger partial charge >= 0.3 is 12.1 Å². The van der Waals surface area contributed by atoms with Crippen molar-refractivity contribution in [3.8, 4) is 0 Å². The largest absolute Gasteiger partial charge is 0.459 e. The van der Waals surface area contributed by atoms with Crippen LogP contribution in [0.4, 0.5) is 4.79 Å². The highest BCUT2D eigenvalue weighted by Crippen LogP contribution is 2.26. The second-order valence-electron chi connectivity index (χ2n) is 9.05. The molecule has 0 N–H and O–H groups in total. The molecule has 0 bridgehead atoms. The van der Waals surface area contributed by atoms with Crippen LogP contribution in [0.15, 0.2) is 30.3 Å². The Morgan fingerprint density at radius 2 is 1.73 bits per heavy atom. The van der Waals surface area contributed by atoms with Gasteiger partial charge in [-0.1, -0.05) is 30.3 Å². The van der Waals surface area contributed by atoms with Gasteiger partial charge in [0.15, 0.2) is 0 Å². The highest BCUT2D eigenvalue weighted by molar-refractivity contribution is 5.87. The SMILES string of the molecule is CC(C)(C)OC(=O)N1CCCC(C(=O)N2CCCC2C(=O)OCc2ccccc2)C1. The van der Waals surface area contributed by atoms with Crippen LogP contribution >= 0.6 is 0 Å². The van der Waals surface area contributed by atoms with Crippen LogP contribution in [0.2, 0.25) is 0 Å². The number of hydrogen-bond donors (Lipinski definition) is 0. The molecule has 3 rings (SSSR count). The van der Waals surface area contributed by atoms with Crippen LogP contribution in [0.1, 0.15) is 52.0 Å². The van der Waals surface area contributed by atoms with E-state index >= 15 is 0 Å². The third-order valence-corrected chi connectivity index (χ3v) is 5.45. The first-order valence-electron chi connectivity index (χ1n) is 10.7. The number of carbonyl (C=O) groups is 3. The molecule has 0 saturated carbocycles. The summed E-state index contributed by atoms with van der Waals surface area (Å²) in [5, 5.41) is 0. The summed E-state index contributed by atoms with van der Waals surface area (Å²) in [6.07, 6.45) is 2.45. The van der Waals surface area contributed by atoms with Gasteiger partial charge in [0.25, 0.3) is 0 Å². The van der Waals surface area contributed by atoms with Gasteiger partial charge in [-0.3, -0.25) is 4.79 Å². The molecular formula is C23H32N2O5. The second kappa shape index (κ2) is 9.49. The molecule has 2 atom stereocenters. The Labute approximate surface area is 178 Å². The van der Waals surface area contributed by atoms with E-state index in [0.29, 0.717) is 32.5 Å². The topological polar surface area (TPSA) is 76.2 Å². The van der Waals surface area contributed by atoms with Crippen LogP contribution in [0.25, 0.3) is 0 Å². The highest BCUT2D eigenvalue weighted by Gasteiger charge is 2.40. The number of piperidine rings is 1. The lowest BCUT2D eigenvalue weighted by Gasteiger charge is -2.35. The van der Waals surface area contributed by atoms with E-state index in [4.69, 9.17) is 9.47 Å². The Morgan fingerprint density at radius 3 is 2.43 bits per heavy atom. The zero-order valence-corrected chi connectivity index (χ0v) is 18.1. The maximum atomic E-state index is 13.2. The average Bonchev–Trinajstić information content (AvgIpc) is 3.21. The second-order valence-corrected chi connectivity index (χ2v) is 9.05. The fourth-order valence-electron chi connectivity index (χ4n) is 4.01. The number of ether oxygens (including phenoxy) is 2. The number of likely N-dealkylation sites (tertiary alicyclic amines) is 2. The minimum Gasteiger partial charge on any atom is -0.459 e. The van der Waals surface area contributed by atoms with Crippen LogP contribution in [0.3, 0.4) is 0 Å². The molecule has 2 aliphatic rings. The van der Waals surface area contributed by atoms with Crippen LogP contribution < -0.4 is 0 Å². The molecule has 7 heteroatoms. The lowest BCUT2D eigenvalue weighted by atomic mass is 9.96. The van der Waals surface area contributed by atoms with Gasteiger partial charge in [0.2, 0.25) is 5.91 Å². The van der Waals surface area contributed by atoms with E-state index in [-0.39, 0.29) is 30.5 Å². The van der Waals surface area contributed by atoms with Crippen molar-refractivity contribution in [1.29, 1.82) is 0 Å². The number of esters is 1. The molecule has 0 spiro atoms. The number of nitrogens with zero attached hydrogens (tertiary/aromatic N) is 2. The molecule has 0 radical (unpaired) electrons. The molecule has 30 heavy (non-hydrogen) atoms. The first-order chi connectivity index (χ1) is 14.2. The van der Waals surface area contributed by atoms with E-state index in [1.165, 1.54) is 0 Å². The van der Waals surface area contributed by atoms with Gasteiger partial charge in [0, 0.05) is 19.6 Å². The van der Waals surface area contributed by atoms with Crippen molar-refractivity contribution in [3.05, 3.63) is 35.9 Å². The zero-order chi connectivity index (χ0) is 21.7. The van der Waals surface area contributed by atoms with Crippen molar-refractivity contribution in [1.82, 2.24) is 9.80 Å². The van der Waals surface area contributed by atoms with Gasteiger partial charge in [0.1, 0.15) is 18.2 Å². The highest BCUT2D eigenvalue weighted by atomic mass is 16.6. The number of rotatable bonds is 4. The molecule has 1 aromatic rings. The Hall–Kier alpha value is -2.57. The lowest BCUT2D eigenvalue weighted by molar-refractivity contribution is -0.156. The van der Waals surface area contributed by atoms with Gasteiger partial charge in [0.05, 0.1) is 5.92 Å². The molecule has 2 saturated heterocycles. The van der Waals surface area contributed by atoms with E-state index in [1.807, 2.05) is 51.1 Å². The Morgan fingerprint density at radius 1 is 1.03 bits per heavy atom. The number of amides is 2. The van der Waals surface area contributed by atoms with Gasteiger partial charge in [-0.05, 0) is 52.0 Å². The third kappa shape index (κ3) is 5.74. The Bertz CT molecular complexity index is 759. The van der Waals surface area contributed by atoms with Crippen LogP contribution in [-0.2, 0) is 25.7 Å². The summed E-state index contributed by atoms with van der Waals surface area (Å²) in [6.45, 7) is 7.15. The summed E-state index contributed by atoms with van der Waals surface area (Å²) in [5.41, 5.74) is 0.346. The normalized spacial score (nSPS) is 22.0. The number of hydrogen-bond acceptors (Lipinski definition) is 5. The molecule has 0 aromatic heterocycles. The van der Waals surface area contributed by atoms with Crippen molar-refractivity contribution in [2.75, 3.05) is 19.6 Å². The summed E-state index contributed by atoms with van der Waals surface area (Å²) in [7, 11) is 0. The van der Waals surface area contributed by atoms with E-state index in [0.717, 1.165) is 18.4 Å². The first-order valence-corrected chi connectivity index (χ1v) is 10.7. The smallest absolute Gasteiger partial charge is 0.410 e. The maximum absolute atomic E-state index is 13.2. The molecule has 164 valence electrons. The summed E-state index contributed by atoms with van der Waals surface area (Å²) < 4.78 is 10.9. The standard InChI is InChI=1S/C23H32N2O5/c1-23(2,3)30-22(28)24-13-7-11-18(15-24)20(26)25-14-8-12-19(25)21(27)29-16-17-9-5-4-6-10-17/h4-6,9-10,18-19H,7-8,11-16H2,1-3H3. The van der Waals surface area contributed by atoms with Crippen molar-refractivity contribution >= 4 is 18.0 Å². The molecule has 0 aliphatic carbocycles. The monoisotopic (exact) mass is 416 g/mol. The molecule has 2 aliphatic heterocycles. The maximum Gasteiger partial charge on any atom is 0.410 e. The minimum atomic E-state index is -0.573. The summed E-state index contributed by atoms with van der Waals surface area (Å²) >= 11 is 0. The van der Waals surface area contributed by atoms with Crippen molar-refractivity contribution in [3.63, 3.8) is 0 Å². The fraction of sp³-hybridized carbons (Fsp3) is 0.609. The van der Waals surface area contributed by atoms with Gasteiger partial charge < -0.3 is 19.3 Å². The average molecular weight is 417 g/mol. The molecule has 2 amide bonds. The van der Waals surface area contributed by atoms with Gasteiger partial charge in [-0.2, -0.15) is 0 Å². The van der Waals surface area contributed by atoms with E-state index in [2.05, 4.69) is 0 Å². The minimum absolute atomic E-state index is 0.0672. The fourth-order valence-corrected chi connectivity index (χ4v) is 4.01. The summed E-state index contributed by atoms with van der Waals surface area (Å²) in [6, 6.07) is 8.96. The predicted octanol–water partition coefficient (Wildman–Crippen LogP) is 3.37. The molecular weight excluding hydrogens is 384 g/mol.